The molecular formula is C7H8Cl2N2OS. The summed E-state index contributed by atoms with van der Waals surface area (Å²) in [6, 6.07) is 0. The number of ether oxygens (including phenoxy) is 1. The topological polar surface area (TPSA) is 35.0 Å². The summed E-state index contributed by atoms with van der Waals surface area (Å²) in [5, 5.41) is 0.558. The van der Waals surface area contributed by atoms with Gasteiger partial charge in [0.05, 0.1) is 11.5 Å². The highest BCUT2D eigenvalue weighted by atomic mass is 35.5. The third-order valence-corrected chi connectivity index (χ3v) is 2.79. The van der Waals surface area contributed by atoms with Crippen LogP contribution in [0.1, 0.15) is 0 Å². The molecule has 0 saturated carbocycles. The molecular weight excluding hydrogens is 231 g/mol. The van der Waals surface area contributed by atoms with Gasteiger partial charge in [0.2, 0.25) is 5.28 Å². The number of nitrogens with zero attached hydrogens (tertiary/aromatic N) is 2. The van der Waals surface area contributed by atoms with E-state index in [-0.39, 0.29) is 5.28 Å². The lowest BCUT2D eigenvalue weighted by atomic mass is 10.7. The second-order valence-corrected chi connectivity index (χ2v) is 3.97. The Balaban J connectivity index is 2.56. The van der Waals surface area contributed by atoms with Crippen LogP contribution in [0.5, 0.6) is 0 Å². The fraction of sp³-hybridized carbons (Fsp3) is 0.429. The summed E-state index contributed by atoms with van der Waals surface area (Å²) in [6.07, 6.45) is 1.61. The summed E-state index contributed by atoms with van der Waals surface area (Å²) in [6.45, 7) is 0.670. The van der Waals surface area contributed by atoms with E-state index in [1.54, 1.807) is 13.3 Å². The molecule has 0 radical (unpaired) electrons. The fourth-order valence-electron chi connectivity index (χ4n) is 0.662. The second-order valence-electron chi connectivity index (χ2n) is 2.14. The first kappa shape index (κ1) is 11.0. The Kier molecular flexibility index (Phi) is 4.80. The number of halogens is 2. The molecule has 1 aromatic heterocycles. The predicted molar refractivity (Wildman–Crippen MR) is 54.7 cm³/mol. The Morgan fingerprint density at radius 2 is 2.31 bits per heavy atom. The average Bonchev–Trinajstić information content (AvgIpc) is 2.09. The first-order chi connectivity index (χ1) is 6.24. The minimum absolute atomic E-state index is 0.168. The molecule has 0 aromatic carbocycles. The molecule has 0 unspecified atom stereocenters. The Labute approximate surface area is 90.8 Å². The van der Waals surface area contributed by atoms with E-state index in [0.717, 1.165) is 10.6 Å². The Bertz CT molecular complexity index is 285. The quantitative estimate of drug-likeness (QED) is 0.350. The minimum atomic E-state index is 0.168. The van der Waals surface area contributed by atoms with Gasteiger partial charge >= 0.3 is 0 Å². The van der Waals surface area contributed by atoms with Gasteiger partial charge in [-0.25, -0.2) is 9.97 Å². The number of thioether (sulfide) groups is 1. The van der Waals surface area contributed by atoms with E-state index in [1.807, 2.05) is 0 Å². The SMILES string of the molecule is COCCSc1cnc(Cl)nc1Cl. The Morgan fingerprint density at radius 1 is 1.54 bits per heavy atom. The van der Waals surface area contributed by atoms with E-state index in [2.05, 4.69) is 9.97 Å². The number of methoxy groups -OCH3 is 1. The molecule has 13 heavy (non-hydrogen) atoms. The highest BCUT2D eigenvalue weighted by Crippen LogP contribution is 2.24. The van der Waals surface area contributed by atoms with Crippen LogP contribution in [0.3, 0.4) is 0 Å². The van der Waals surface area contributed by atoms with Gasteiger partial charge in [-0.3, -0.25) is 0 Å². The van der Waals surface area contributed by atoms with Gasteiger partial charge < -0.3 is 4.74 Å². The van der Waals surface area contributed by atoms with Crippen molar-refractivity contribution in [3.63, 3.8) is 0 Å². The standard InChI is InChI=1S/C7H8Cl2N2OS/c1-12-2-3-13-5-4-10-7(9)11-6(5)8/h4H,2-3H2,1H3. The van der Waals surface area contributed by atoms with Gasteiger partial charge in [-0.05, 0) is 11.6 Å². The molecule has 1 rings (SSSR count). The van der Waals surface area contributed by atoms with Crippen LogP contribution >= 0.6 is 35.0 Å². The van der Waals surface area contributed by atoms with Gasteiger partial charge in [0.15, 0.2) is 0 Å². The molecule has 0 saturated heterocycles. The number of hydrogen-bond donors (Lipinski definition) is 0. The molecule has 3 nitrogen and oxygen atoms in total. The number of aromatic nitrogens is 2. The molecule has 0 amide bonds. The molecule has 0 bridgehead atoms. The van der Waals surface area contributed by atoms with Gasteiger partial charge in [0.1, 0.15) is 5.15 Å². The molecule has 72 valence electrons. The van der Waals surface area contributed by atoms with Crippen LogP contribution in [-0.2, 0) is 4.74 Å². The summed E-state index contributed by atoms with van der Waals surface area (Å²) in [5.41, 5.74) is 0. The van der Waals surface area contributed by atoms with Gasteiger partial charge in [-0.15, -0.1) is 11.8 Å². The fourth-order valence-corrected chi connectivity index (χ4v) is 1.89. The summed E-state index contributed by atoms with van der Waals surface area (Å²) < 4.78 is 4.90. The zero-order chi connectivity index (χ0) is 9.68. The first-order valence-electron chi connectivity index (χ1n) is 3.54. The van der Waals surface area contributed by atoms with Crippen molar-refractivity contribution in [3.8, 4) is 0 Å². The van der Waals surface area contributed by atoms with Crippen molar-refractivity contribution in [2.45, 2.75) is 4.90 Å². The maximum absolute atomic E-state index is 5.81. The van der Waals surface area contributed by atoms with Crippen LogP contribution in [0.25, 0.3) is 0 Å². The van der Waals surface area contributed by atoms with E-state index in [4.69, 9.17) is 27.9 Å². The Morgan fingerprint density at radius 3 is 2.92 bits per heavy atom. The van der Waals surface area contributed by atoms with E-state index in [9.17, 15) is 0 Å². The van der Waals surface area contributed by atoms with Crippen LogP contribution < -0.4 is 0 Å². The molecule has 0 spiro atoms. The van der Waals surface area contributed by atoms with Crippen LogP contribution in [-0.4, -0.2) is 29.4 Å². The summed E-state index contributed by atoms with van der Waals surface area (Å²) >= 11 is 12.9. The maximum atomic E-state index is 5.81. The van der Waals surface area contributed by atoms with E-state index in [1.165, 1.54) is 11.8 Å². The largest absolute Gasteiger partial charge is 0.384 e. The van der Waals surface area contributed by atoms with Crippen molar-refractivity contribution >= 4 is 35.0 Å². The van der Waals surface area contributed by atoms with Crippen molar-refractivity contribution in [3.05, 3.63) is 16.6 Å². The molecule has 0 fully saturated rings. The molecule has 0 atom stereocenters. The maximum Gasteiger partial charge on any atom is 0.223 e. The van der Waals surface area contributed by atoms with Crippen molar-refractivity contribution in [1.82, 2.24) is 9.97 Å². The van der Waals surface area contributed by atoms with E-state index < -0.39 is 0 Å². The zero-order valence-corrected chi connectivity index (χ0v) is 9.29. The average molecular weight is 239 g/mol. The van der Waals surface area contributed by atoms with Gasteiger partial charge in [0.25, 0.3) is 0 Å². The normalized spacial score (nSPS) is 10.4. The number of hydrogen-bond acceptors (Lipinski definition) is 4. The van der Waals surface area contributed by atoms with Gasteiger partial charge in [-0.2, -0.15) is 0 Å². The van der Waals surface area contributed by atoms with Crippen LogP contribution in [0.2, 0.25) is 10.4 Å². The van der Waals surface area contributed by atoms with E-state index >= 15 is 0 Å². The van der Waals surface area contributed by atoms with Crippen LogP contribution in [0, 0.1) is 0 Å². The summed E-state index contributed by atoms with van der Waals surface area (Å²) in [7, 11) is 1.65. The van der Waals surface area contributed by atoms with Crippen molar-refractivity contribution in [2.24, 2.45) is 0 Å². The number of rotatable bonds is 4. The van der Waals surface area contributed by atoms with E-state index in [0.29, 0.717) is 11.8 Å². The smallest absolute Gasteiger partial charge is 0.223 e. The first-order valence-corrected chi connectivity index (χ1v) is 5.28. The lowest BCUT2D eigenvalue weighted by Gasteiger charge is -2.01. The molecule has 6 heteroatoms. The molecule has 0 aliphatic rings. The predicted octanol–water partition coefficient (Wildman–Crippen LogP) is 2.52. The summed E-state index contributed by atoms with van der Waals surface area (Å²) in [4.78, 5) is 8.46. The van der Waals surface area contributed by atoms with Gasteiger partial charge in [0, 0.05) is 19.1 Å². The van der Waals surface area contributed by atoms with Crippen molar-refractivity contribution in [2.75, 3.05) is 19.5 Å². The van der Waals surface area contributed by atoms with Crippen LogP contribution in [0.15, 0.2) is 11.1 Å². The Hall–Kier alpha value is -0.0300. The zero-order valence-electron chi connectivity index (χ0n) is 6.96. The summed E-state index contributed by atoms with van der Waals surface area (Å²) in [5.74, 6) is 0.821. The molecule has 0 N–H and O–H groups in total. The highest BCUT2D eigenvalue weighted by Gasteiger charge is 2.03. The lowest BCUT2D eigenvalue weighted by Crippen LogP contribution is -1.92. The third-order valence-electron chi connectivity index (χ3n) is 1.23. The lowest BCUT2D eigenvalue weighted by molar-refractivity contribution is 0.218. The van der Waals surface area contributed by atoms with Gasteiger partial charge in [-0.1, -0.05) is 11.6 Å². The molecule has 1 aromatic rings. The third kappa shape index (κ3) is 3.68. The second kappa shape index (κ2) is 5.65. The van der Waals surface area contributed by atoms with Crippen LogP contribution in [0.4, 0.5) is 0 Å². The highest BCUT2D eigenvalue weighted by molar-refractivity contribution is 7.99. The molecule has 1 heterocycles. The minimum Gasteiger partial charge on any atom is -0.384 e. The molecule has 0 aliphatic heterocycles. The van der Waals surface area contributed by atoms with Crippen molar-refractivity contribution in [1.29, 1.82) is 0 Å². The molecule has 0 aliphatic carbocycles. The van der Waals surface area contributed by atoms with Crippen molar-refractivity contribution < 1.29 is 4.74 Å². The monoisotopic (exact) mass is 238 g/mol.